The molecule has 4 heteroatoms. The summed E-state index contributed by atoms with van der Waals surface area (Å²) in [5.41, 5.74) is 3.90. The number of phenols is 1. The van der Waals surface area contributed by atoms with Crippen LogP contribution < -0.4 is 0 Å². The van der Waals surface area contributed by atoms with Crippen LogP contribution in [0, 0.1) is 13.8 Å². The van der Waals surface area contributed by atoms with Crippen LogP contribution in [0.1, 0.15) is 22.5 Å². The van der Waals surface area contributed by atoms with Crippen molar-refractivity contribution in [2.75, 3.05) is 0 Å². The number of aromatic nitrogens is 2. The molecule has 0 unspecified atom stereocenters. The molecule has 4 nitrogen and oxygen atoms in total. The Morgan fingerprint density at radius 2 is 1.90 bits per heavy atom. The second-order valence-corrected chi connectivity index (χ2v) is 5.14. The van der Waals surface area contributed by atoms with Crippen molar-refractivity contribution in [2.45, 2.75) is 20.3 Å². The summed E-state index contributed by atoms with van der Waals surface area (Å²) < 4.78 is 5.26. The second kappa shape index (κ2) is 5.40. The summed E-state index contributed by atoms with van der Waals surface area (Å²) in [5.74, 6) is 1.11. The summed E-state index contributed by atoms with van der Waals surface area (Å²) in [6.45, 7) is 3.98. The first-order valence-electron chi connectivity index (χ1n) is 6.80. The zero-order valence-corrected chi connectivity index (χ0v) is 12.0. The maximum absolute atomic E-state index is 9.96. The lowest BCUT2D eigenvalue weighted by atomic mass is 10.1. The van der Waals surface area contributed by atoms with Crippen molar-refractivity contribution >= 4 is 0 Å². The van der Waals surface area contributed by atoms with Crippen LogP contribution in [0.25, 0.3) is 11.5 Å². The van der Waals surface area contributed by atoms with Gasteiger partial charge in [-0.1, -0.05) is 35.5 Å². The molecular formula is C17H16N2O2. The molecule has 0 aliphatic rings. The number of benzene rings is 2. The SMILES string of the molecule is Cc1ccc(-c2nc(Cc3ccccc3C)no2)c(O)c1. The van der Waals surface area contributed by atoms with Crippen molar-refractivity contribution in [3.8, 4) is 17.2 Å². The Kier molecular flexibility index (Phi) is 3.44. The first-order chi connectivity index (χ1) is 10.1. The summed E-state index contributed by atoms with van der Waals surface area (Å²) in [5, 5.41) is 14.0. The fourth-order valence-corrected chi connectivity index (χ4v) is 2.24. The van der Waals surface area contributed by atoms with E-state index >= 15 is 0 Å². The van der Waals surface area contributed by atoms with Gasteiger partial charge in [0.1, 0.15) is 5.75 Å². The first-order valence-corrected chi connectivity index (χ1v) is 6.80. The number of aromatic hydroxyl groups is 1. The average Bonchev–Trinajstić information content (AvgIpc) is 2.90. The molecule has 2 aromatic carbocycles. The molecule has 0 fully saturated rings. The third-order valence-electron chi connectivity index (χ3n) is 3.46. The number of aryl methyl sites for hydroxylation is 2. The number of rotatable bonds is 3. The minimum absolute atomic E-state index is 0.154. The average molecular weight is 280 g/mol. The summed E-state index contributed by atoms with van der Waals surface area (Å²) in [4.78, 5) is 4.37. The summed E-state index contributed by atoms with van der Waals surface area (Å²) in [6, 6.07) is 13.5. The van der Waals surface area contributed by atoms with Crippen LogP contribution in [0.4, 0.5) is 0 Å². The van der Waals surface area contributed by atoms with Gasteiger partial charge >= 0.3 is 0 Å². The van der Waals surface area contributed by atoms with Crippen molar-refractivity contribution in [2.24, 2.45) is 0 Å². The molecule has 3 aromatic rings. The zero-order chi connectivity index (χ0) is 14.8. The van der Waals surface area contributed by atoms with Crippen LogP contribution in [0.2, 0.25) is 0 Å². The molecule has 21 heavy (non-hydrogen) atoms. The summed E-state index contributed by atoms with van der Waals surface area (Å²) >= 11 is 0. The third kappa shape index (κ3) is 2.79. The maximum Gasteiger partial charge on any atom is 0.261 e. The molecule has 0 saturated carbocycles. The highest BCUT2D eigenvalue weighted by Crippen LogP contribution is 2.28. The predicted molar refractivity (Wildman–Crippen MR) is 80.1 cm³/mol. The van der Waals surface area contributed by atoms with E-state index in [0.29, 0.717) is 23.7 Å². The highest BCUT2D eigenvalue weighted by molar-refractivity contribution is 5.62. The first kappa shape index (κ1) is 13.4. The van der Waals surface area contributed by atoms with Crippen molar-refractivity contribution in [1.29, 1.82) is 0 Å². The van der Waals surface area contributed by atoms with E-state index in [2.05, 4.69) is 29.2 Å². The molecule has 0 atom stereocenters. The lowest BCUT2D eigenvalue weighted by Crippen LogP contribution is -1.93. The van der Waals surface area contributed by atoms with Gasteiger partial charge in [-0.25, -0.2) is 0 Å². The van der Waals surface area contributed by atoms with E-state index in [1.54, 1.807) is 12.1 Å². The van der Waals surface area contributed by atoms with E-state index < -0.39 is 0 Å². The Labute approximate surface area is 123 Å². The minimum Gasteiger partial charge on any atom is -0.507 e. The topological polar surface area (TPSA) is 59.2 Å². The molecule has 3 rings (SSSR count). The zero-order valence-electron chi connectivity index (χ0n) is 12.0. The van der Waals surface area contributed by atoms with Gasteiger partial charge in [0.05, 0.1) is 5.56 Å². The fourth-order valence-electron chi connectivity index (χ4n) is 2.24. The Hall–Kier alpha value is -2.62. The van der Waals surface area contributed by atoms with E-state index in [1.165, 1.54) is 5.56 Å². The molecule has 0 aliphatic heterocycles. The van der Waals surface area contributed by atoms with Gasteiger partial charge in [0.25, 0.3) is 5.89 Å². The number of nitrogens with zero attached hydrogens (tertiary/aromatic N) is 2. The van der Waals surface area contributed by atoms with E-state index in [-0.39, 0.29) is 5.75 Å². The normalized spacial score (nSPS) is 10.8. The van der Waals surface area contributed by atoms with Crippen molar-refractivity contribution < 1.29 is 9.63 Å². The monoisotopic (exact) mass is 280 g/mol. The number of phenolic OH excluding ortho intramolecular Hbond substituents is 1. The van der Waals surface area contributed by atoms with Crippen molar-refractivity contribution in [3.63, 3.8) is 0 Å². The molecule has 1 heterocycles. The predicted octanol–water partition coefficient (Wildman–Crippen LogP) is 3.65. The van der Waals surface area contributed by atoms with Crippen LogP contribution >= 0.6 is 0 Å². The van der Waals surface area contributed by atoms with Crippen LogP contribution in [0.15, 0.2) is 47.0 Å². The molecule has 1 N–H and O–H groups in total. The van der Waals surface area contributed by atoms with Gasteiger partial charge < -0.3 is 9.63 Å². The number of hydrogen-bond donors (Lipinski definition) is 1. The van der Waals surface area contributed by atoms with Crippen LogP contribution in [-0.4, -0.2) is 15.2 Å². The Morgan fingerprint density at radius 1 is 1.10 bits per heavy atom. The Bertz CT molecular complexity index is 778. The van der Waals surface area contributed by atoms with E-state index in [4.69, 9.17) is 4.52 Å². The van der Waals surface area contributed by atoms with Crippen LogP contribution in [0.5, 0.6) is 5.75 Å². The molecule has 0 radical (unpaired) electrons. The molecule has 0 aliphatic carbocycles. The smallest absolute Gasteiger partial charge is 0.261 e. The maximum atomic E-state index is 9.96. The van der Waals surface area contributed by atoms with Crippen LogP contribution in [-0.2, 0) is 6.42 Å². The highest BCUT2D eigenvalue weighted by atomic mass is 16.5. The lowest BCUT2D eigenvalue weighted by molar-refractivity contribution is 0.418. The van der Waals surface area contributed by atoms with Gasteiger partial charge in [0.15, 0.2) is 5.82 Å². The van der Waals surface area contributed by atoms with Crippen molar-refractivity contribution in [3.05, 3.63) is 65.0 Å². The van der Waals surface area contributed by atoms with Gasteiger partial charge in [0, 0.05) is 6.42 Å². The molecule has 0 saturated heterocycles. The molecule has 0 bridgehead atoms. The van der Waals surface area contributed by atoms with E-state index in [0.717, 1.165) is 11.1 Å². The van der Waals surface area contributed by atoms with E-state index in [1.807, 2.05) is 25.1 Å². The van der Waals surface area contributed by atoms with Gasteiger partial charge in [-0.3, -0.25) is 0 Å². The second-order valence-electron chi connectivity index (χ2n) is 5.14. The van der Waals surface area contributed by atoms with Crippen LogP contribution in [0.3, 0.4) is 0 Å². The largest absolute Gasteiger partial charge is 0.507 e. The molecule has 0 amide bonds. The summed E-state index contributed by atoms with van der Waals surface area (Å²) in [6.07, 6.45) is 0.614. The molecule has 0 spiro atoms. The van der Waals surface area contributed by atoms with Gasteiger partial charge in [-0.05, 0) is 42.7 Å². The van der Waals surface area contributed by atoms with Crippen molar-refractivity contribution in [1.82, 2.24) is 10.1 Å². The van der Waals surface area contributed by atoms with Gasteiger partial charge in [-0.2, -0.15) is 4.98 Å². The fraction of sp³-hybridized carbons (Fsp3) is 0.176. The Balaban J connectivity index is 1.88. The molecule has 1 aromatic heterocycles. The third-order valence-corrected chi connectivity index (χ3v) is 3.46. The molecular weight excluding hydrogens is 264 g/mol. The highest BCUT2D eigenvalue weighted by Gasteiger charge is 2.13. The van der Waals surface area contributed by atoms with E-state index in [9.17, 15) is 5.11 Å². The Morgan fingerprint density at radius 3 is 2.67 bits per heavy atom. The lowest BCUT2D eigenvalue weighted by Gasteiger charge is -2.01. The standard InChI is InChI=1S/C17H16N2O2/c1-11-7-8-14(15(20)9-11)17-18-16(19-21-17)10-13-6-4-3-5-12(13)2/h3-9,20H,10H2,1-2H3. The minimum atomic E-state index is 0.154. The van der Waals surface area contributed by atoms with Gasteiger partial charge in [0.2, 0.25) is 0 Å². The molecule has 106 valence electrons. The summed E-state index contributed by atoms with van der Waals surface area (Å²) in [7, 11) is 0. The van der Waals surface area contributed by atoms with Gasteiger partial charge in [-0.15, -0.1) is 0 Å². The quantitative estimate of drug-likeness (QED) is 0.795. The number of hydrogen-bond acceptors (Lipinski definition) is 4.